The monoisotopic (exact) mass is 318 g/mol. The third-order valence-corrected chi connectivity index (χ3v) is 3.48. The Balaban J connectivity index is 2.29. The Morgan fingerprint density at radius 2 is 2.17 bits per heavy atom. The predicted octanol–water partition coefficient (Wildman–Crippen LogP) is 1.13. The molecule has 1 atom stereocenters. The van der Waals surface area contributed by atoms with Gasteiger partial charge in [-0.1, -0.05) is 19.1 Å². The second kappa shape index (κ2) is 7.15. The summed E-state index contributed by atoms with van der Waals surface area (Å²) in [6.45, 7) is 2.10. The first-order chi connectivity index (χ1) is 10.9. The van der Waals surface area contributed by atoms with Crippen LogP contribution in [0.4, 0.5) is 4.39 Å². The molecule has 0 fully saturated rings. The summed E-state index contributed by atoms with van der Waals surface area (Å²) in [5, 5.41) is 0. The summed E-state index contributed by atoms with van der Waals surface area (Å²) in [7, 11) is 1.67. The van der Waals surface area contributed by atoms with Gasteiger partial charge in [0.15, 0.2) is 0 Å². The van der Waals surface area contributed by atoms with E-state index in [4.69, 9.17) is 5.73 Å². The molecule has 1 aromatic heterocycles. The molecule has 0 aliphatic rings. The summed E-state index contributed by atoms with van der Waals surface area (Å²) in [5.74, 6) is -0.617. The number of amides is 1. The van der Waals surface area contributed by atoms with E-state index < -0.39 is 17.8 Å². The number of hydrogen-bond donors (Lipinski definition) is 2. The van der Waals surface area contributed by atoms with Crippen LogP contribution in [0.1, 0.15) is 30.0 Å². The summed E-state index contributed by atoms with van der Waals surface area (Å²) < 4.78 is 13.4. The molecule has 1 amide bonds. The summed E-state index contributed by atoms with van der Waals surface area (Å²) in [5.41, 5.74) is 6.33. The largest absolute Gasteiger partial charge is 0.368 e. The number of nitrogens with two attached hydrogens (primary N) is 1. The lowest BCUT2D eigenvalue weighted by atomic mass is 10.0. The first-order valence-electron chi connectivity index (χ1n) is 7.25. The number of benzene rings is 1. The molecular weight excluding hydrogens is 299 g/mol. The van der Waals surface area contributed by atoms with Gasteiger partial charge in [-0.05, 0) is 31.2 Å². The van der Waals surface area contributed by atoms with E-state index in [2.05, 4.69) is 9.97 Å². The van der Waals surface area contributed by atoms with Crippen molar-refractivity contribution in [1.82, 2.24) is 14.9 Å². The molecule has 0 saturated heterocycles. The van der Waals surface area contributed by atoms with Crippen LogP contribution in [0.5, 0.6) is 0 Å². The first kappa shape index (κ1) is 16.8. The normalized spacial score (nSPS) is 12.3. The zero-order valence-electron chi connectivity index (χ0n) is 13.0. The van der Waals surface area contributed by atoms with Crippen molar-refractivity contribution < 1.29 is 9.18 Å². The number of nitrogens with zero attached hydrogens (tertiary/aromatic N) is 2. The standard InChI is InChI=1S/C16H19FN4O2/c1-3-12-8-14(22)20-13(19-12)9-21(2)15(16(18)23)10-5-4-6-11(17)7-10/h4-8,15H,3,9H2,1-2H3,(H2,18,23)(H,19,20,22). The molecule has 2 rings (SSSR count). The summed E-state index contributed by atoms with van der Waals surface area (Å²) in [6.07, 6.45) is 0.629. The van der Waals surface area contributed by atoms with Crippen molar-refractivity contribution in [3.05, 3.63) is 63.6 Å². The van der Waals surface area contributed by atoms with Crippen LogP contribution < -0.4 is 11.3 Å². The molecule has 1 heterocycles. The molecule has 0 bridgehead atoms. The van der Waals surface area contributed by atoms with Crippen LogP contribution >= 0.6 is 0 Å². The molecule has 1 aromatic carbocycles. The second-order valence-electron chi connectivity index (χ2n) is 5.31. The summed E-state index contributed by atoms with van der Waals surface area (Å²) >= 11 is 0. The lowest BCUT2D eigenvalue weighted by Crippen LogP contribution is -2.35. The number of H-pyrrole nitrogens is 1. The van der Waals surface area contributed by atoms with E-state index in [0.29, 0.717) is 23.5 Å². The Labute approximate surface area is 133 Å². The first-order valence-corrected chi connectivity index (χ1v) is 7.25. The highest BCUT2D eigenvalue weighted by Crippen LogP contribution is 2.21. The highest BCUT2D eigenvalue weighted by Gasteiger charge is 2.24. The van der Waals surface area contributed by atoms with Gasteiger partial charge in [0.1, 0.15) is 17.7 Å². The Hall–Kier alpha value is -2.54. The van der Waals surface area contributed by atoms with Gasteiger partial charge in [-0.2, -0.15) is 0 Å². The van der Waals surface area contributed by atoms with E-state index in [1.807, 2.05) is 6.92 Å². The molecule has 6 nitrogen and oxygen atoms in total. The maximum absolute atomic E-state index is 13.4. The lowest BCUT2D eigenvalue weighted by Gasteiger charge is -2.25. The maximum Gasteiger partial charge on any atom is 0.251 e. The third-order valence-electron chi connectivity index (χ3n) is 3.48. The fourth-order valence-electron chi connectivity index (χ4n) is 2.46. The van der Waals surface area contributed by atoms with Crippen LogP contribution in [-0.2, 0) is 17.8 Å². The number of halogens is 1. The SMILES string of the molecule is CCc1cc(=O)[nH]c(CN(C)C(C(N)=O)c2cccc(F)c2)n1. The molecular formula is C16H19FN4O2. The van der Waals surface area contributed by atoms with Gasteiger partial charge >= 0.3 is 0 Å². The van der Waals surface area contributed by atoms with Crippen LogP contribution in [0.15, 0.2) is 35.1 Å². The minimum absolute atomic E-state index is 0.202. The van der Waals surface area contributed by atoms with Crippen LogP contribution in [0.3, 0.4) is 0 Å². The van der Waals surface area contributed by atoms with E-state index in [-0.39, 0.29) is 12.1 Å². The minimum Gasteiger partial charge on any atom is -0.368 e. The number of likely N-dealkylation sites (N-methyl/N-ethyl adjacent to an activating group) is 1. The molecule has 3 N–H and O–H groups in total. The van der Waals surface area contributed by atoms with Crippen LogP contribution in [-0.4, -0.2) is 27.8 Å². The van der Waals surface area contributed by atoms with Gasteiger partial charge in [0.2, 0.25) is 5.91 Å². The highest BCUT2D eigenvalue weighted by molar-refractivity contribution is 5.81. The molecule has 2 aromatic rings. The van der Waals surface area contributed by atoms with Crippen molar-refractivity contribution in [2.24, 2.45) is 5.73 Å². The molecule has 0 aliphatic carbocycles. The van der Waals surface area contributed by atoms with Crippen molar-refractivity contribution in [2.75, 3.05) is 7.05 Å². The number of aryl methyl sites for hydroxylation is 1. The number of nitrogens with one attached hydrogen (secondary N) is 1. The topological polar surface area (TPSA) is 92.1 Å². The van der Waals surface area contributed by atoms with Gasteiger partial charge in [0.05, 0.1) is 6.54 Å². The smallest absolute Gasteiger partial charge is 0.251 e. The second-order valence-corrected chi connectivity index (χ2v) is 5.31. The quantitative estimate of drug-likeness (QED) is 0.835. The summed E-state index contributed by atoms with van der Waals surface area (Å²) in [4.78, 5) is 32.0. The zero-order chi connectivity index (χ0) is 17.0. The van der Waals surface area contributed by atoms with Gasteiger partial charge in [-0.15, -0.1) is 0 Å². The molecule has 0 saturated carbocycles. The highest BCUT2D eigenvalue weighted by atomic mass is 19.1. The van der Waals surface area contributed by atoms with Gasteiger partial charge in [0, 0.05) is 11.8 Å². The van der Waals surface area contributed by atoms with Gasteiger partial charge < -0.3 is 10.7 Å². The number of aromatic amines is 1. The average Bonchev–Trinajstić information content (AvgIpc) is 2.46. The molecule has 0 radical (unpaired) electrons. The number of primary amides is 1. The Morgan fingerprint density at radius 1 is 1.43 bits per heavy atom. The fourth-order valence-corrected chi connectivity index (χ4v) is 2.46. The molecule has 122 valence electrons. The van der Waals surface area contributed by atoms with E-state index >= 15 is 0 Å². The van der Waals surface area contributed by atoms with Crippen LogP contribution in [0.2, 0.25) is 0 Å². The Kier molecular flexibility index (Phi) is 5.23. The molecule has 7 heteroatoms. The summed E-state index contributed by atoms with van der Waals surface area (Å²) in [6, 6.07) is 6.33. The van der Waals surface area contributed by atoms with Gasteiger partial charge in [-0.25, -0.2) is 9.37 Å². The number of hydrogen-bond acceptors (Lipinski definition) is 4. The Bertz CT molecular complexity index is 760. The van der Waals surface area contributed by atoms with Gasteiger partial charge in [0.25, 0.3) is 5.56 Å². The predicted molar refractivity (Wildman–Crippen MR) is 84.0 cm³/mol. The number of aromatic nitrogens is 2. The molecule has 0 spiro atoms. The minimum atomic E-state index is -0.818. The van der Waals surface area contributed by atoms with Crippen LogP contribution in [0, 0.1) is 5.82 Å². The van der Waals surface area contributed by atoms with Crippen molar-refractivity contribution in [3.8, 4) is 0 Å². The van der Waals surface area contributed by atoms with Crippen molar-refractivity contribution in [1.29, 1.82) is 0 Å². The van der Waals surface area contributed by atoms with E-state index in [0.717, 1.165) is 0 Å². The van der Waals surface area contributed by atoms with Crippen LogP contribution in [0.25, 0.3) is 0 Å². The Morgan fingerprint density at radius 3 is 2.78 bits per heavy atom. The van der Waals surface area contributed by atoms with E-state index in [1.165, 1.54) is 24.3 Å². The van der Waals surface area contributed by atoms with Crippen molar-refractivity contribution >= 4 is 5.91 Å². The molecule has 23 heavy (non-hydrogen) atoms. The number of carbonyl (C=O) groups is 1. The number of rotatable bonds is 6. The van der Waals surface area contributed by atoms with E-state index in [1.54, 1.807) is 18.0 Å². The third kappa shape index (κ3) is 4.23. The van der Waals surface area contributed by atoms with Crippen molar-refractivity contribution in [2.45, 2.75) is 25.9 Å². The van der Waals surface area contributed by atoms with Gasteiger partial charge in [-0.3, -0.25) is 14.5 Å². The molecule has 1 unspecified atom stereocenters. The van der Waals surface area contributed by atoms with E-state index in [9.17, 15) is 14.0 Å². The average molecular weight is 318 g/mol. The van der Waals surface area contributed by atoms with Crippen molar-refractivity contribution in [3.63, 3.8) is 0 Å². The number of carbonyl (C=O) groups excluding carboxylic acids is 1. The molecule has 0 aliphatic heterocycles. The zero-order valence-corrected chi connectivity index (χ0v) is 13.0. The fraction of sp³-hybridized carbons (Fsp3) is 0.312. The lowest BCUT2D eigenvalue weighted by molar-refractivity contribution is -0.123. The maximum atomic E-state index is 13.4.